The van der Waals surface area contributed by atoms with E-state index < -0.39 is 0 Å². The summed E-state index contributed by atoms with van der Waals surface area (Å²) in [5.74, 6) is 1.93. The van der Waals surface area contributed by atoms with Crippen LogP contribution in [0.15, 0.2) is 182 Å². The maximum atomic E-state index is 4.93. The van der Waals surface area contributed by atoms with Gasteiger partial charge in [-0.3, -0.25) is 4.98 Å². The molecule has 4 nitrogen and oxygen atoms in total. The minimum Gasteiger partial charge on any atom is -0.264 e. The zero-order valence-electron chi connectivity index (χ0n) is 27.1. The van der Waals surface area contributed by atoms with E-state index in [0.29, 0.717) is 17.5 Å². The van der Waals surface area contributed by atoms with Crippen molar-refractivity contribution in [3.05, 3.63) is 182 Å². The fraction of sp³-hybridized carbons (Fsp3) is 0. The lowest BCUT2D eigenvalue weighted by molar-refractivity contribution is 1.07. The van der Waals surface area contributed by atoms with Gasteiger partial charge < -0.3 is 0 Å². The zero-order valence-corrected chi connectivity index (χ0v) is 27.1. The van der Waals surface area contributed by atoms with Crippen LogP contribution in [0.4, 0.5) is 0 Å². The Labute approximate surface area is 290 Å². The van der Waals surface area contributed by atoms with Crippen molar-refractivity contribution in [2.45, 2.75) is 0 Å². The van der Waals surface area contributed by atoms with Crippen molar-refractivity contribution in [2.24, 2.45) is 0 Å². The number of aromatic nitrogens is 4. The van der Waals surface area contributed by atoms with Gasteiger partial charge in [-0.2, -0.15) is 0 Å². The highest BCUT2D eigenvalue weighted by molar-refractivity contribution is 6.14. The number of fused-ring (bicyclic) bond motifs is 3. The average molecular weight is 639 g/mol. The van der Waals surface area contributed by atoms with Crippen molar-refractivity contribution < 1.29 is 0 Å². The third-order valence-corrected chi connectivity index (χ3v) is 9.18. The van der Waals surface area contributed by atoms with E-state index in [1.54, 1.807) is 0 Å². The molecule has 0 atom stereocenters. The number of nitrogens with zero attached hydrogens (tertiary/aromatic N) is 4. The average Bonchev–Trinajstić information content (AvgIpc) is 3.21. The molecule has 4 heteroatoms. The molecule has 0 saturated heterocycles. The third-order valence-electron chi connectivity index (χ3n) is 9.18. The molecule has 0 fully saturated rings. The molecule has 50 heavy (non-hydrogen) atoms. The molecular formula is C46H30N4. The van der Waals surface area contributed by atoms with Crippen molar-refractivity contribution in [3.8, 4) is 67.5 Å². The smallest absolute Gasteiger partial charge is 0.164 e. The fourth-order valence-electron chi connectivity index (χ4n) is 6.69. The highest BCUT2D eigenvalue weighted by Gasteiger charge is 2.15. The molecule has 0 amide bonds. The van der Waals surface area contributed by atoms with E-state index in [0.717, 1.165) is 44.5 Å². The third kappa shape index (κ3) is 5.59. The molecule has 0 N–H and O–H groups in total. The van der Waals surface area contributed by atoms with Crippen LogP contribution < -0.4 is 0 Å². The minimum atomic E-state index is 0.636. The van der Waals surface area contributed by atoms with Crippen LogP contribution >= 0.6 is 0 Å². The first kappa shape index (κ1) is 29.4. The number of pyridine rings is 1. The molecule has 0 bridgehead atoms. The Kier molecular flexibility index (Phi) is 7.45. The summed E-state index contributed by atoms with van der Waals surface area (Å²) in [6, 6.07) is 59.3. The Bertz CT molecular complexity index is 2560. The molecule has 0 aliphatic carbocycles. The van der Waals surface area contributed by atoms with Gasteiger partial charge in [0.25, 0.3) is 0 Å². The first-order chi connectivity index (χ1) is 24.8. The van der Waals surface area contributed by atoms with E-state index in [1.165, 1.54) is 27.1 Å². The SMILES string of the molecule is c1ccc(-c2nc(-c3ccccc3)nc(-c3ccc(-c4cc(-c5cccnc5)cc(-c5cc6ccccc6c6ccccc56)c4)cc3)n2)cc1. The van der Waals surface area contributed by atoms with E-state index in [4.69, 9.17) is 15.0 Å². The van der Waals surface area contributed by atoms with Gasteiger partial charge in [0.2, 0.25) is 0 Å². The second-order valence-corrected chi connectivity index (χ2v) is 12.3. The van der Waals surface area contributed by atoms with E-state index in [9.17, 15) is 0 Å². The summed E-state index contributed by atoms with van der Waals surface area (Å²) in [5.41, 5.74) is 9.60. The van der Waals surface area contributed by atoms with Crippen LogP contribution in [0.25, 0.3) is 89.1 Å². The van der Waals surface area contributed by atoms with Crippen molar-refractivity contribution in [3.63, 3.8) is 0 Å². The van der Waals surface area contributed by atoms with Gasteiger partial charge in [0.05, 0.1) is 0 Å². The summed E-state index contributed by atoms with van der Waals surface area (Å²) in [5, 5.41) is 4.96. The second-order valence-electron chi connectivity index (χ2n) is 12.3. The number of rotatable bonds is 6. The molecule has 0 aliphatic rings. The van der Waals surface area contributed by atoms with Crippen LogP contribution in [0, 0.1) is 0 Å². The Morgan fingerprint density at radius 1 is 0.300 bits per heavy atom. The van der Waals surface area contributed by atoms with Gasteiger partial charge in [-0.05, 0) is 79.7 Å². The Balaban J connectivity index is 1.18. The van der Waals surface area contributed by atoms with Crippen LogP contribution in [-0.4, -0.2) is 19.9 Å². The monoisotopic (exact) mass is 638 g/mol. The van der Waals surface area contributed by atoms with Gasteiger partial charge in [0, 0.05) is 34.6 Å². The van der Waals surface area contributed by atoms with Gasteiger partial charge in [0.15, 0.2) is 17.5 Å². The van der Waals surface area contributed by atoms with Crippen LogP contribution in [0.5, 0.6) is 0 Å². The lowest BCUT2D eigenvalue weighted by atomic mass is 9.89. The second kappa shape index (κ2) is 12.7. The van der Waals surface area contributed by atoms with E-state index >= 15 is 0 Å². The first-order valence-corrected chi connectivity index (χ1v) is 16.7. The largest absolute Gasteiger partial charge is 0.264 e. The highest BCUT2D eigenvalue weighted by Crippen LogP contribution is 2.39. The lowest BCUT2D eigenvalue weighted by Gasteiger charge is -2.15. The molecular weight excluding hydrogens is 609 g/mol. The van der Waals surface area contributed by atoms with Crippen molar-refractivity contribution >= 4 is 21.5 Å². The van der Waals surface area contributed by atoms with Crippen LogP contribution in [-0.2, 0) is 0 Å². The molecule has 7 aromatic carbocycles. The molecule has 234 valence electrons. The predicted octanol–water partition coefficient (Wildman–Crippen LogP) is 11.6. The molecule has 2 heterocycles. The molecule has 0 unspecified atom stereocenters. The molecule has 0 saturated carbocycles. The maximum Gasteiger partial charge on any atom is 0.164 e. The molecule has 0 aliphatic heterocycles. The van der Waals surface area contributed by atoms with Gasteiger partial charge in [-0.25, -0.2) is 15.0 Å². The van der Waals surface area contributed by atoms with E-state index in [2.05, 4.69) is 108 Å². The minimum absolute atomic E-state index is 0.636. The molecule has 0 radical (unpaired) electrons. The number of hydrogen-bond acceptors (Lipinski definition) is 4. The van der Waals surface area contributed by atoms with Gasteiger partial charge in [0.1, 0.15) is 0 Å². The van der Waals surface area contributed by atoms with Gasteiger partial charge in [-0.15, -0.1) is 0 Å². The summed E-state index contributed by atoms with van der Waals surface area (Å²) in [4.78, 5) is 19.2. The van der Waals surface area contributed by atoms with Gasteiger partial charge >= 0.3 is 0 Å². The fourth-order valence-corrected chi connectivity index (χ4v) is 6.69. The Morgan fingerprint density at radius 2 is 0.780 bits per heavy atom. The topological polar surface area (TPSA) is 51.6 Å². The normalized spacial score (nSPS) is 11.2. The Hall–Kier alpha value is -6.78. The highest BCUT2D eigenvalue weighted by atomic mass is 15.0. The van der Waals surface area contributed by atoms with E-state index in [1.807, 2.05) is 79.1 Å². The van der Waals surface area contributed by atoms with Crippen molar-refractivity contribution in [2.75, 3.05) is 0 Å². The molecule has 2 aromatic heterocycles. The quantitative estimate of drug-likeness (QED) is 0.170. The summed E-state index contributed by atoms with van der Waals surface area (Å²) in [6.45, 7) is 0. The lowest BCUT2D eigenvalue weighted by Crippen LogP contribution is -2.00. The molecule has 0 spiro atoms. The summed E-state index contributed by atoms with van der Waals surface area (Å²) >= 11 is 0. The van der Waals surface area contributed by atoms with Crippen molar-refractivity contribution in [1.82, 2.24) is 19.9 Å². The van der Waals surface area contributed by atoms with Crippen molar-refractivity contribution in [1.29, 1.82) is 0 Å². The maximum absolute atomic E-state index is 4.93. The summed E-state index contributed by atoms with van der Waals surface area (Å²) in [6.07, 6.45) is 3.75. The van der Waals surface area contributed by atoms with Crippen LogP contribution in [0.1, 0.15) is 0 Å². The van der Waals surface area contributed by atoms with Crippen LogP contribution in [0.2, 0.25) is 0 Å². The number of hydrogen-bond donors (Lipinski definition) is 0. The molecule has 9 aromatic rings. The standard InChI is InChI=1S/C46H30N4/c1-3-12-32(13-4-1)44-48-45(33-14-5-2-6-15-33)50-46(49-44)34-23-21-31(22-24-34)37-26-38(36-17-11-25-47-30-36)28-39(27-37)43-29-35-16-7-8-18-40(35)41-19-9-10-20-42(41)43/h1-30H. The number of benzene rings is 7. The van der Waals surface area contributed by atoms with Gasteiger partial charge in [-0.1, -0.05) is 140 Å². The molecule has 9 rings (SSSR count). The van der Waals surface area contributed by atoms with E-state index in [-0.39, 0.29) is 0 Å². The first-order valence-electron chi connectivity index (χ1n) is 16.7. The summed E-state index contributed by atoms with van der Waals surface area (Å²) < 4.78 is 0. The van der Waals surface area contributed by atoms with Crippen LogP contribution in [0.3, 0.4) is 0 Å². The zero-order chi connectivity index (χ0) is 33.3. The predicted molar refractivity (Wildman–Crippen MR) is 205 cm³/mol. The Morgan fingerprint density at radius 3 is 1.40 bits per heavy atom. The summed E-state index contributed by atoms with van der Waals surface area (Å²) in [7, 11) is 0.